The van der Waals surface area contributed by atoms with Crippen molar-refractivity contribution in [2.45, 2.75) is 64.5 Å². The van der Waals surface area contributed by atoms with E-state index in [0.29, 0.717) is 24.4 Å². The second-order valence-corrected chi connectivity index (χ2v) is 6.23. The zero-order chi connectivity index (χ0) is 15.2. The van der Waals surface area contributed by atoms with E-state index < -0.39 is 0 Å². The maximum atomic E-state index is 12.5. The van der Waals surface area contributed by atoms with Gasteiger partial charge in [0.1, 0.15) is 0 Å². The van der Waals surface area contributed by atoms with Crippen molar-refractivity contribution in [3.63, 3.8) is 0 Å². The Bertz CT molecular complexity index is 447. The number of hydrogen-bond donors (Lipinski definition) is 1. The molecule has 0 atom stereocenters. The van der Waals surface area contributed by atoms with E-state index in [1.54, 1.807) is 0 Å². The van der Waals surface area contributed by atoms with Crippen LogP contribution in [-0.4, -0.2) is 29.4 Å². The first kappa shape index (κ1) is 16.0. The van der Waals surface area contributed by atoms with Crippen molar-refractivity contribution in [2.75, 3.05) is 6.54 Å². The summed E-state index contributed by atoms with van der Waals surface area (Å²) in [7, 11) is 0. The summed E-state index contributed by atoms with van der Waals surface area (Å²) in [6.07, 6.45) is 5.66. The van der Waals surface area contributed by atoms with Gasteiger partial charge in [0.25, 0.3) is 0 Å². The Kier molecular flexibility index (Phi) is 5.80. The van der Waals surface area contributed by atoms with Crippen LogP contribution >= 0.6 is 0 Å². The van der Waals surface area contributed by atoms with Crippen molar-refractivity contribution in [1.82, 2.24) is 4.90 Å². The summed E-state index contributed by atoms with van der Waals surface area (Å²) in [5, 5.41) is 0. The molecule has 1 aliphatic rings. The number of aryl methyl sites for hydroxylation is 2. The zero-order valence-corrected chi connectivity index (χ0v) is 13.3. The van der Waals surface area contributed by atoms with Crippen LogP contribution in [0.5, 0.6) is 0 Å². The number of hydrogen-bond acceptors (Lipinski definition) is 2. The van der Waals surface area contributed by atoms with Crippen LogP contribution < -0.4 is 5.73 Å². The van der Waals surface area contributed by atoms with Gasteiger partial charge < -0.3 is 10.6 Å². The van der Waals surface area contributed by atoms with E-state index in [1.807, 2.05) is 0 Å². The van der Waals surface area contributed by atoms with Gasteiger partial charge in [-0.3, -0.25) is 4.79 Å². The van der Waals surface area contributed by atoms with Crippen molar-refractivity contribution in [2.24, 2.45) is 5.73 Å². The third-order valence-corrected chi connectivity index (χ3v) is 4.59. The Morgan fingerprint density at radius 1 is 1.19 bits per heavy atom. The lowest BCUT2D eigenvalue weighted by Crippen LogP contribution is -2.44. The molecule has 1 aromatic rings. The smallest absolute Gasteiger partial charge is 0.223 e. The van der Waals surface area contributed by atoms with Crippen molar-refractivity contribution >= 4 is 5.91 Å². The first-order chi connectivity index (χ1) is 10.1. The summed E-state index contributed by atoms with van der Waals surface area (Å²) in [5.41, 5.74) is 8.47. The molecule has 1 aliphatic carbocycles. The normalized spacial score (nSPS) is 22.0. The van der Waals surface area contributed by atoms with Crippen LogP contribution in [0, 0.1) is 6.92 Å². The fourth-order valence-electron chi connectivity index (χ4n) is 3.20. The molecule has 2 N–H and O–H groups in total. The molecule has 0 spiro atoms. The third-order valence-electron chi connectivity index (χ3n) is 4.59. The number of rotatable bonds is 5. The van der Waals surface area contributed by atoms with Gasteiger partial charge in [-0.2, -0.15) is 0 Å². The molecule has 21 heavy (non-hydrogen) atoms. The van der Waals surface area contributed by atoms with Crippen LogP contribution in [0.4, 0.5) is 0 Å². The number of nitrogens with two attached hydrogens (primary N) is 1. The highest BCUT2D eigenvalue weighted by atomic mass is 16.2. The Morgan fingerprint density at radius 2 is 1.81 bits per heavy atom. The van der Waals surface area contributed by atoms with Gasteiger partial charge >= 0.3 is 0 Å². The number of benzene rings is 1. The first-order valence-corrected chi connectivity index (χ1v) is 8.20. The molecule has 1 saturated carbocycles. The SMILES string of the molecule is CCN(C(=O)CCc1ccc(C)cc1)C1CCC(N)CC1. The third kappa shape index (κ3) is 4.57. The van der Waals surface area contributed by atoms with E-state index in [9.17, 15) is 4.79 Å². The van der Waals surface area contributed by atoms with E-state index in [2.05, 4.69) is 43.0 Å². The fourth-order valence-corrected chi connectivity index (χ4v) is 3.20. The van der Waals surface area contributed by atoms with Gasteiger partial charge in [0.2, 0.25) is 5.91 Å². The van der Waals surface area contributed by atoms with E-state index in [0.717, 1.165) is 38.6 Å². The molecule has 0 aromatic heterocycles. The van der Waals surface area contributed by atoms with Gasteiger partial charge in [0, 0.05) is 25.0 Å². The molecule has 0 unspecified atom stereocenters. The molecule has 1 amide bonds. The summed E-state index contributed by atoms with van der Waals surface area (Å²) in [6.45, 7) is 4.98. The van der Waals surface area contributed by atoms with Crippen LogP contribution in [0.1, 0.15) is 50.2 Å². The molecular weight excluding hydrogens is 260 g/mol. The maximum Gasteiger partial charge on any atom is 0.223 e. The van der Waals surface area contributed by atoms with E-state index in [1.165, 1.54) is 11.1 Å². The summed E-state index contributed by atoms with van der Waals surface area (Å²) < 4.78 is 0. The average Bonchev–Trinajstić information content (AvgIpc) is 2.49. The highest BCUT2D eigenvalue weighted by Crippen LogP contribution is 2.23. The highest BCUT2D eigenvalue weighted by molar-refractivity contribution is 5.76. The molecule has 0 aliphatic heterocycles. The quantitative estimate of drug-likeness (QED) is 0.905. The second-order valence-electron chi connectivity index (χ2n) is 6.23. The fraction of sp³-hybridized carbons (Fsp3) is 0.611. The molecule has 1 aromatic carbocycles. The topological polar surface area (TPSA) is 46.3 Å². The predicted molar refractivity (Wildman–Crippen MR) is 87.1 cm³/mol. The molecule has 0 heterocycles. The van der Waals surface area contributed by atoms with Crippen LogP contribution in [-0.2, 0) is 11.2 Å². The lowest BCUT2D eigenvalue weighted by atomic mass is 9.90. The Morgan fingerprint density at radius 3 is 2.38 bits per heavy atom. The summed E-state index contributed by atoms with van der Waals surface area (Å²) >= 11 is 0. The molecule has 2 rings (SSSR count). The first-order valence-electron chi connectivity index (χ1n) is 8.20. The van der Waals surface area contributed by atoms with Gasteiger partial charge in [-0.05, 0) is 51.5 Å². The van der Waals surface area contributed by atoms with Gasteiger partial charge in [-0.25, -0.2) is 0 Å². The lowest BCUT2D eigenvalue weighted by molar-refractivity contribution is -0.134. The molecule has 3 heteroatoms. The Balaban J connectivity index is 1.86. The van der Waals surface area contributed by atoms with E-state index >= 15 is 0 Å². The van der Waals surface area contributed by atoms with Crippen LogP contribution in [0.15, 0.2) is 24.3 Å². The summed E-state index contributed by atoms with van der Waals surface area (Å²) in [6, 6.07) is 9.21. The van der Waals surface area contributed by atoms with E-state index in [4.69, 9.17) is 5.73 Å². The van der Waals surface area contributed by atoms with Crippen molar-refractivity contribution in [3.05, 3.63) is 35.4 Å². The van der Waals surface area contributed by atoms with Crippen LogP contribution in [0.3, 0.4) is 0 Å². The molecule has 0 bridgehead atoms. The highest BCUT2D eigenvalue weighted by Gasteiger charge is 2.26. The largest absolute Gasteiger partial charge is 0.340 e. The van der Waals surface area contributed by atoms with Gasteiger partial charge in [-0.1, -0.05) is 29.8 Å². The standard InChI is InChI=1S/C18H28N2O/c1-3-20(17-11-9-16(19)10-12-17)18(21)13-8-15-6-4-14(2)5-7-15/h4-7,16-17H,3,8-13,19H2,1-2H3. The Labute approximate surface area is 128 Å². The monoisotopic (exact) mass is 288 g/mol. The molecule has 1 fully saturated rings. The average molecular weight is 288 g/mol. The minimum absolute atomic E-state index is 0.290. The van der Waals surface area contributed by atoms with Crippen molar-refractivity contribution in [3.8, 4) is 0 Å². The lowest BCUT2D eigenvalue weighted by Gasteiger charge is -2.35. The number of carbonyl (C=O) groups excluding carboxylic acids is 1. The minimum atomic E-state index is 0.290. The second kappa shape index (κ2) is 7.60. The summed E-state index contributed by atoms with van der Waals surface area (Å²) in [5.74, 6) is 0.290. The molecule has 116 valence electrons. The Hall–Kier alpha value is -1.35. The van der Waals surface area contributed by atoms with Gasteiger partial charge in [-0.15, -0.1) is 0 Å². The molecule has 0 radical (unpaired) electrons. The molecular formula is C18H28N2O. The van der Waals surface area contributed by atoms with Crippen LogP contribution in [0.25, 0.3) is 0 Å². The number of nitrogens with zero attached hydrogens (tertiary/aromatic N) is 1. The van der Waals surface area contributed by atoms with Crippen molar-refractivity contribution < 1.29 is 4.79 Å². The van der Waals surface area contributed by atoms with Gasteiger partial charge in [0.15, 0.2) is 0 Å². The van der Waals surface area contributed by atoms with E-state index in [-0.39, 0.29) is 0 Å². The minimum Gasteiger partial charge on any atom is -0.340 e. The van der Waals surface area contributed by atoms with Crippen LogP contribution in [0.2, 0.25) is 0 Å². The predicted octanol–water partition coefficient (Wildman–Crippen LogP) is 3.05. The summed E-state index contributed by atoms with van der Waals surface area (Å²) in [4.78, 5) is 14.6. The zero-order valence-electron chi connectivity index (χ0n) is 13.3. The molecule has 3 nitrogen and oxygen atoms in total. The number of amides is 1. The molecule has 0 saturated heterocycles. The van der Waals surface area contributed by atoms with Gasteiger partial charge in [0.05, 0.1) is 0 Å². The van der Waals surface area contributed by atoms with Crippen molar-refractivity contribution in [1.29, 1.82) is 0 Å². The number of carbonyl (C=O) groups is 1. The maximum absolute atomic E-state index is 12.5.